The molecule has 36 heavy (non-hydrogen) atoms. The molecular formula is C25H29ClFN7O2. The minimum atomic E-state index is -0.505. The van der Waals surface area contributed by atoms with Crippen LogP contribution in [0.25, 0.3) is 0 Å². The Balaban J connectivity index is 1.91. The van der Waals surface area contributed by atoms with Gasteiger partial charge in [0.15, 0.2) is 0 Å². The Morgan fingerprint density at radius 2 is 1.92 bits per heavy atom. The van der Waals surface area contributed by atoms with Crippen molar-refractivity contribution in [2.24, 2.45) is 0 Å². The second-order valence-electron chi connectivity index (χ2n) is 8.13. The molecule has 0 aliphatic rings. The molecule has 11 heteroatoms. The molecule has 0 saturated heterocycles. The van der Waals surface area contributed by atoms with Crippen LogP contribution in [0.1, 0.15) is 0 Å². The molecule has 9 nitrogen and oxygen atoms in total. The lowest BCUT2D eigenvalue weighted by molar-refractivity contribution is -0.111. The van der Waals surface area contributed by atoms with Gasteiger partial charge < -0.3 is 30.5 Å². The largest absolute Gasteiger partial charge is 0.494 e. The summed E-state index contributed by atoms with van der Waals surface area (Å²) >= 11 is 5.87. The second-order valence-corrected chi connectivity index (χ2v) is 8.54. The van der Waals surface area contributed by atoms with Crippen LogP contribution in [-0.2, 0) is 4.79 Å². The molecule has 1 heterocycles. The fourth-order valence-electron chi connectivity index (χ4n) is 3.24. The van der Waals surface area contributed by atoms with Gasteiger partial charge in [0.1, 0.15) is 17.4 Å². The molecule has 2 aromatic carbocycles. The van der Waals surface area contributed by atoms with E-state index in [0.717, 1.165) is 18.8 Å². The summed E-state index contributed by atoms with van der Waals surface area (Å²) in [4.78, 5) is 25.0. The second kappa shape index (κ2) is 12.2. The van der Waals surface area contributed by atoms with Crippen LogP contribution in [0.15, 0.2) is 55.3 Å². The van der Waals surface area contributed by atoms with Crippen LogP contribution in [0.2, 0.25) is 5.02 Å². The van der Waals surface area contributed by atoms with E-state index in [1.807, 2.05) is 32.1 Å². The lowest BCUT2D eigenvalue weighted by Crippen LogP contribution is -2.29. The molecule has 3 rings (SSSR count). The summed E-state index contributed by atoms with van der Waals surface area (Å²) in [5, 5.41) is 9.07. The molecule has 0 spiro atoms. The highest BCUT2D eigenvalue weighted by Gasteiger charge is 2.16. The zero-order chi connectivity index (χ0) is 26.2. The van der Waals surface area contributed by atoms with Gasteiger partial charge in [-0.3, -0.25) is 4.79 Å². The van der Waals surface area contributed by atoms with E-state index < -0.39 is 5.82 Å². The fraction of sp³-hybridized carbons (Fsp3) is 0.240. The topological polar surface area (TPSA) is 94.6 Å². The minimum absolute atomic E-state index is 0.00174. The predicted octanol–water partition coefficient (Wildman–Crippen LogP) is 4.89. The van der Waals surface area contributed by atoms with Gasteiger partial charge in [-0.2, -0.15) is 4.98 Å². The Hall–Kier alpha value is -3.89. The number of nitrogens with one attached hydrogen (secondary N) is 3. The Bertz CT molecular complexity index is 1240. The van der Waals surface area contributed by atoms with Gasteiger partial charge in [0.2, 0.25) is 11.9 Å². The molecule has 0 saturated carbocycles. The van der Waals surface area contributed by atoms with Crippen LogP contribution in [-0.4, -0.2) is 62.1 Å². The molecule has 0 radical (unpaired) electrons. The van der Waals surface area contributed by atoms with E-state index in [2.05, 4.69) is 37.4 Å². The maximum Gasteiger partial charge on any atom is 0.247 e. The van der Waals surface area contributed by atoms with Crippen LogP contribution in [0, 0.1) is 5.82 Å². The molecular weight excluding hydrogens is 485 g/mol. The molecule has 0 bridgehead atoms. The number of likely N-dealkylation sites (N-methyl/N-ethyl adjacent to an activating group) is 2. The maximum atomic E-state index is 13.5. The van der Waals surface area contributed by atoms with Crippen molar-refractivity contribution in [3.8, 4) is 5.75 Å². The van der Waals surface area contributed by atoms with Crippen LogP contribution >= 0.6 is 11.6 Å². The number of anilines is 6. The monoisotopic (exact) mass is 513 g/mol. The molecule has 0 aliphatic carbocycles. The smallest absolute Gasteiger partial charge is 0.247 e. The zero-order valence-electron chi connectivity index (χ0n) is 20.6. The van der Waals surface area contributed by atoms with Crippen molar-refractivity contribution in [2.45, 2.75) is 0 Å². The molecule has 1 amide bonds. The summed E-state index contributed by atoms with van der Waals surface area (Å²) in [6.45, 7) is 5.09. The standard InChI is InChI=1S/C25H29ClFN7O2/c1-6-24(35)30-19-14-20(22(36-5)15-21(19)34(4)12-11-33(2)3)31-25-28-10-9-23(32-25)29-16-7-8-18(27)17(26)13-16/h6-10,13-15H,1,11-12H2,2-5H3,(H,30,35)(H2,28,29,31,32). The van der Waals surface area contributed by atoms with Gasteiger partial charge in [0.05, 0.1) is 29.2 Å². The molecule has 1 aromatic heterocycles. The summed E-state index contributed by atoms with van der Waals surface area (Å²) in [6, 6.07) is 9.54. The summed E-state index contributed by atoms with van der Waals surface area (Å²) in [7, 11) is 7.49. The van der Waals surface area contributed by atoms with Gasteiger partial charge in [-0.15, -0.1) is 0 Å². The lowest BCUT2D eigenvalue weighted by Gasteiger charge is -2.26. The van der Waals surface area contributed by atoms with E-state index in [-0.39, 0.29) is 16.9 Å². The van der Waals surface area contributed by atoms with E-state index in [9.17, 15) is 9.18 Å². The molecule has 3 aromatic rings. The number of aromatic nitrogens is 2. The number of hydrogen-bond donors (Lipinski definition) is 3. The number of hydrogen-bond acceptors (Lipinski definition) is 8. The van der Waals surface area contributed by atoms with Crippen molar-refractivity contribution in [1.29, 1.82) is 0 Å². The van der Waals surface area contributed by atoms with Gasteiger partial charge in [-0.25, -0.2) is 9.37 Å². The van der Waals surface area contributed by atoms with Crippen LogP contribution in [0.4, 0.5) is 38.9 Å². The Morgan fingerprint density at radius 3 is 2.58 bits per heavy atom. The first kappa shape index (κ1) is 26.7. The summed E-state index contributed by atoms with van der Waals surface area (Å²) < 4.78 is 19.1. The highest BCUT2D eigenvalue weighted by molar-refractivity contribution is 6.31. The SMILES string of the molecule is C=CC(=O)Nc1cc(Nc2nccc(Nc3ccc(F)c(Cl)c3)n2)c(OC)cc1N(C)CCN(C)C. The summed E-state index contributed by atoms with van der Waals surface area (Å²) in [5.74, 6) is 0.435. The first-order valence-electron chi connectivity index (χ1n) is 11.0. The third-order valence-corrected chi connectivity index (χ3v) is 5.44. The number of nitrogens with zero attached hydrogens (tertiary/aromatic N) is 4. The number of halogens is 2. The van der Waals surface area contributed by atoms with E-state index >= 15 is 0 Å². The molecule has 0 atom stereocenters. The minimum Gasteiger partial charge on any atom is -0.494 e. The van der Waals surface area contributed by atoms with Crippen molar-refractivity contribution < 1.29 is 13.9 Å². The average Bonchev–Trinajstić information content (AvgIpc) is 2.85. The maximum absolute atomic E-state index is 13.5. The molecule has 190 valence electrons. The van der Waals surface area contributed by atoms with Gasteiger partial charge in [-0.05, 0) is 50.5 Å². The Labute approximate surface area is 214 Å². The number of rotatable bonds is 11. The number of carbonyl (C=O) groups excluding carboxylic acids is 1. The van der Waals surface area contributed by atoms with E-state index in [1.54, 1.807) is 31.5 Å². The average molecular weight is 514 g/mol. The summed E-state index contributed by atoms with van der Waals surface area (Å²) in [5.41, 5.74) is 2.46. The van der Waals surface area contributed by atoms with Crippen LogP contribution in [0.3, 0.4) is 0 Å². The van der Waals surface area contributed by atoms with Crippen molar-refractivity contribution in [1.82, 2.24) is 14.9 Å². The lowest BCUT2D eigenvalue weighted by atomic mass is 10.2. The van der Waals surface area contributed by atoms with Gasteiger partial charge in [0.25, 0.3) is 0 Å². The Morgan fingerprint density at radius 1 is 1.14 bits per heavy atom. The first-order chi connectivity index (χ1) is 17.2. The Kier molecular flexibility index (Phi) is 9.04. The van der Waals surface area contributed by atoms with E-state index in [4.69, 9.17) is 16.3 Å². The van der Waals surface area contributed by atoms with Crippen molar-refractivity contribution >= 4 is 52.0 Å². The molecule has 0 fully saturated rings. The van der Waals surface area contributed by atoms with E-state index in [1.165, 1.54) is 18.2 Å². The van der Waals surface area contributed by atoms with Crippen molar-refractivity contribution in [2.75, 3.05) is 62.2 Å². The van der Waals surface area contributed by atoms with Crippen molar-refractivity contribution in [3.63, 3.8) is 0 Å². The number of ether oxygens (including phenoxy) is 1. The third kappa shape index (κ3) is 7.06. The number of benzene rings is 2. The predicted molar refractivity (Wildman–Crippen MR) is 144 cm³/mol. The van der Waals surface area contributed by atoms with Crippen LogP contribution in [0.5, 0.6) is 5.75 Å². The van der Waals surface area contributed by atoms with Gasteiger partial charge in [0, 0.05) is 38.1 Å². The normalized spacial score (nSPS) is 10.6. The third-order valence-electron chi connectivity index (χ3n) is 5.15. The summed E-state index contributed by atoms with van der Waals surface area (Å²) in [6.07, 6.45) is 2.78. The highest BCUT2D eigenvalue weighted by Crippen LogP contribution is 2.38. The first-order valence-corrected chi connectivity index (χ1v) is 11.4. The molecule has 3 N–H and O–H groups in total. The number of carbonyl (C=O) groups is 1. The molecule has 0 unspecified atom stereocenters. The van der Waals surface area contributed by atoms with Crippen LogP contribution < -0.4 is 25.6 Å². The number of amides is 1. The zero-order valence-corrected chi connectivity index (χ0v) is 21.4. The van der Waals surface area contributed by atoms with Gasteiger partial charge >= 0.3 is 0 Å². The number of methoxy groups -OCH3 is 1. The van der Waals surface area contributed by atoms with Crippen molar-refractivity contribution in [3.05, 3.63) is 66.1 Å². The molecule has 0 aliphatic heterocycles. The highest BCUT2D eigenvalue weighted by atomic mass is 35.5. The van der Waals surface area contributed by atoms with E-state index in [0.29, 0.717) is 28.6 Å². The fourth-order valence-corrected chi connectivity index (χ4v) is 3.42. The van der Waals surface area contributed by atoms with Gasteiger partial charge in [-0.1, -0.05) is 18.2 Å². The quantitative estimate of drug-likeness (QED) is 0.312.